The molecule has 13 heavy (non-hydrogen) atoms. The fraction of sp³-hybridized carbons (Fsp3) is 1.00. The summed E-state index contributed by atoms with van der Waals surface area (Å²) < 4.78 is 11.8. The van der Waals surface area contributed by atoms with E-state index in [1.54, 1.807) is 0 Å². The standard InChI is InChI=1S/C11H23FO/c1-5-9(3)7-11(8-13-12)10(4)6-2/h9-11H,5-8H2,1-4H3. The van der Waals surface area contributed by atoms with Gasteiger partial charge in [-0.15, -0.1) is 0 Å². The lowest BCUT2D eigenvalue weighted by atomic mass is 9.84. The molecule has 0 rings (SSSR count). The van der Waals surface area contributed by atoms with E-state index in [9.17, 15) is 4.53 Å². The lowest BCUT2D eigenvalue weighted by Crippen LogP contribution is -2.18. The zero-order valence-corrected chi connectivity index (χ0v) is 9.35. The third-order valence-corrected chi connectivity index (χ3v) is 3.13. The van der Waals surface area contributed by atoms with E-state index in [1.807, 2.05) is 0 Å². The second kappa shape index (κ2) is 7.31. The predicted octanol–water partition coefficient (Wildman–Crippen LogP) is 3.99. The maximum atomic E-state index is 11.8. The molecule has 3 unspecified atom stereocenters. The normalized spacial score (nSPS) is 18.2. The summed E-state index contributed by atoms with van der Waals surface area (Å²) in [4.78, 5) is 3.77. The van der Waals surface area contributed by atoms with Crippen molar-refractivity contribution in [3.8, 4) is 0 Å². The Morgan fingerprint density at radius 2 is 1.77 bits per heavy atom. The van der Waals surface area contributed by atoms with E-state index in [-0.39, 0.29) is 6.61 Å². The Hall–Kier alpha value is -0.110. The summed E-state index contributed by atoms with van der Waals surface area (Å²) in [5.41, 5.74) is 0. The molecular formula is C11H23FO. The molecule has 2 heteroatoms. The van der Waals surface area contributed by atoms with Gasteiger partial charge in [0.15, 0.2) is 0 Å². The van der Waals surface area contributed by atoms with Crippen molar-refractivity contribution in [1.29, 1.82) is 0 Å². The van der Waals surface area contributed by atoms with Gasteiger partial charge in [-0.3, -0.25) is 0 Å². The van der Waals surface area contributed by atoms with Crippen LogP contribution in [0.1, 0.15) is 47.0 Å². The molecule has 0 fully saturated rings. The van der Waals surface area contributed by atoms with Gasteiger partial charge in [0.2, 0.25) is 0 Å². The minimum Gasteiger partial charge on any atom is -0.194 e. The van der Waals surface area contributed by atoms with Gasteiger partial charge in [-0.2, -0.15) is 4.94 Å². The summed E-state index contributed by atoms with van der Waals surface area (Å²) in [6, 6.07) is 0. The van der Waals surface area contributed by atoms with E-state index in [0.29, 0.717) is 17.8 Å². The molecular weight excluding hydrogens is 167 g/mol. The van der Waals surface area contributed by atoms with Gasteiger partial charge in [0, 0.05) is 0 Å². The zero-order chi connectivity index (χ0) is 10.3. The first kappa shape index (κ1) is 12.9. The van der Waals surface area contributed by atoms with Crippen molar-refractivity contribution in [3.05, 3.63) is 0 Å². The fourth-order valence-electron chi connectivity index (χ4n) is 1.56. The van der Waals surface area contributed by atoms with Crippen molar-refractivity contribution >= 4 is 0 Å². The summed E-state index contributed by atoms with van der Waals surface area (Å²) in [7, 11) is 0. The number of hydrogen-bond donors (Lipinski definition) is 0. The van der Waals surface area contributed by atoms with Crippen LogP contribution in [0.25, 0.3) is 0 Å². The van der Waals surface area contributed by atoms with Gasteiger partial charge >= 0.3 is 0 Å². The SMILES string of the molecule is CCC(C)CC(COF)C(C)CC. The van der Waals surface area contributed by atoms with Crippen LogP contribution in [0, 0.1) is 17.8 Å². The average Bonchev–Trinajstić information content (AvgIpc) is 2.15. The first-order valence-electron chi connectivity index (χ1n) is 5.39. The van der Waals surface area contributed by atoms with Gasteiger partial charge in [0.1, 0.15) is 0 Å². The van der Waals surface area contributed by atoms with Crippen LogP contribution in [0.5, 0.6) is 0 Å². The monoisotopic (exact) mass is 190 g/mol. The molecule has 0 spiro atoms. The first-order chi connectivity index (χ1) is 6.15. The van der Waals surface area contributed by atoms with Gasteiger partial charge < -0.3 is 0 Å². The predicted molar refractivity (Wildman–Crippen MR) is 54.1 cm³/mol. The molecule has 0 N–H and O–H groups in total. The smallest absolute Gasteiger partial charge is 0.0907 e. The van der Waals surface area contributed by atoms with Gasteiger partial charge in [0.05, 0.1) is 6.61 Å². The molecule has 0 aromatic carbocycles. The maximum absolute atomic E-state index is 11.8. The van der Waals surface area contributed by atoms with Gasteiger partial charge in [-0.25, -0.2) is 0 Å². The summed E-state index contributed by atoms with van der Waals surface area (Å²) in [5, 5.41) is 0. The van der Waals surface area contributed by atoms with Crippen LogP contribution in [0.3, 0.4) is 0 Å². The van der Waals surface area contributed by atoms with Crippen LogP contribution < -0.4 is 0 Å². The number of halogens is 1. The van der Waals surface area contributed by atoms with Crippen molar-refractivity contribution < 1.29 is 9.47 Å². The van der Waals surface area contributed by atoms with Crippen LogP contribution >= 0.6 is 0 Å². The molecule has 3 atom stereocenters. The summed E-state index contributed by atoms with van der Waals surface area (Å²) in [6.45, 7) is 8.97. The average molecular weight is 190 g/mol. The molecule has 0 bridgehead atoms. The lowest BCUT2D eigenvalue weighted by Gasteiger charge is -2.23. The van der Waals surface area contributed by atoms with Crippen molar-refractivity contribution in [2.75, 3.05) is 6.61 Å². The van der Waals surface area contributed by atoms with Crippen molar-refractivity contribution in [1.82, 2.24) is 0 Å². The summed E-state index contributed by atoms with van der Waals surface area (Å²) in [6.07, 6.45) is 3.35. The Kier molecular flexibility index (Phi) is 7.25. The Bertz CT molecular complexity index is 117. The van der Waals surface area contributed by atoms with E-state index < -0.39 is 0 Å². The molecule has 0 saturated carbocycles. The highest BCUT2D eigenvalue weighted by molar-refractivity contribution is 4.67. The van der Waals surface area contributed by atoms with E-state index >= 15 is 0 Å². The molecule has 80 valence electrons. The number of rotatable bonds is 7. The lowest BCUT2D eigenvalue weighted by molar-refractivity contribution is -0.151. The molecule has 0 aromatic heterocycles. The molecule has 0 aliphatic heterocycles. The molecule has 1 nitrogen and oxygen atoms in total. The minimum atomic E-state index is 0.263. The second-order valence-corrected chi connectivity index (χ2v) is 4.17. The third-order valence-electron chi connectivity index (χ3n) is 3.13. The Labute approximate surface area is 81.6 Å². The fourth-order valence-corrected chi connectivity index (χ4v) is 1.56. The van der Waals surface area contributed by atoms with Crippen LogP contribution in [-0.2, 0) is 4.94 Å². The second-order valence-electron chi connectivity index (χ2n) is 4.17. The highest BCUT2D eigenvalue weighted by Gasteiger charge is 2.18. The zero-order valence-electron chi connectivity index (χ0n) is 9.35. The largest absolute Gasteiger partial charge is 0.194 e. The van der Waals surface area contributed by atoms with Gasteiger partial charge in [-0.1, -0.05) is 40.5 Å². The van der Waals surface area contributed by atoms with Gasteiger partial charge in [0.25, 0.3) is 0 Å². The van der Waals surface area contributed by atoms with Crippen molar-refractivity contribution in [2.45, 2.75) is 47.0 Å². The third kappa shape index (κ3) is 5.25. The molecule has 0 radical (unpaired) electrons. The van der Waals surface area contributed by atoms with E-state index in [0.717, 1.165) is 12.8 Å². The van der Waals surface area contributed by atoms with Crippen molar-refractivity contribution in [2.24, 2.45) is 17.8 Å². The van der Waals surface area contributed by atoms with E-state index in [2.05, 4.69) is 32.6 Å². The molecule has 0 aliphatic carbocycles. The Morgan fingerprint density at radius 1 is 1.15 bits per heavy atom. The molecule has 0 aliphatic rings. The Morgan fingerprint density at radius 3 is 2.15 bits per heavy atom. The van der Waals surface area contributed by atoms with E-state index in [4.69, 9.17) is 0 Å². The first-order valence-corrected chi connectivity index (χ1v) is 5.39. The maximum Gasteiger partial charge on any atom is 0.0907 e. The summed E-state index contributed by atoms with van der Waals surface area (Å²) in [5.74, 6) is 1.61. The molecule has 0 heterocycles. The highest BCUT2D eigenvalue weighted by Crippen LogP contribution is 2.24. The van der Waals surface area contributed by atoms with Gasteiger partial charge in [-0.05, 0) is 28.7 Å². The molecule has 0 aromatic rings. The van der Waals surface area contributed by atoms with Crippen LogP contribution in [0.15, 0.2) is 0 Å². The van der Waals surface area contributed by atoms with Crippen LogP contribution in [0.4, 0.5) is 4.53 Å². The number of hydrogen-bond acceptors (Lipinski definition) is 1. The van der Waals surface area contributed by atoms with Crippen LogP contribution in [-0.4, -0.2) is 6.61 Å². The highest BCUT2D eigenvalue weighted by atomic mass is 19.3. The molecule has 0 saturated heterocycles. The Balaban J connectivity index is 3.92. The quantitative estimate of drug-likeness (QED) is 0.590. The van der Waals surface area contributed by atoms with Crippen molar-refractivity contribution in [3.63, 3.8) is 0 Å². The van der Waals surface area contributed by atoms with E-state index in [1.165, 1.54) is 6.42 Å². The van der Waals surface area contributed by atoms with Crippen LogP contribution in [0.2, 0.25) is 0 Å². The topological polar surface area (TPSA) is 9.23 Å². The molecule has 0 amide bonds. The minimum absolute atomic E-state index is 0.263. The summed E-state index contributed by atoms with van der Waals surface area (Å²) >= 11 is 0.